The van der Waals surface area contributed by atoms with E-state index in [1.165, 1.54) is 6.21 Å². The molecular formula is C18H19ClN2O4. The van der Waals surface area contributed by atoms with E-state index in [0.29, 0.717) is 28.9 Å². The highest BCUT2D eigenvalue weighted by Gasteiger charge is 2.05. The molecule has 1 N–H and O–H groups in total. The molecule has 0 unspecified atom stereocenters. The number of rotatable bonds is 8. The van der Waals surface area contributed by atoms with Gasteiger partial charge in [0.25, 0.3) is 5.91 Å². The second-order valence-corrected chi connectivity index (χ2v) is 5.32. The molecule has 0 aliphatic carbocycles. The smallest absolute Gasteiger partial charge is 0.277 e. The van der Waals surface area contributed by atoms with Gasteiger partial charge in [-0.15, -0.1) is 0 Å². The molecule has 0 saturated heterocycles. The highest BCUT2D eigenvalue weighted by molar-refractivity contribution is 6.30. The SMILES string of the molecule is CCOc1cc(/C=N\NC(=O)COc2ccc(Cl)cc2)ccc1OC. The minimum Gasteiger partial charge on any atom is -0.493 e. The van der Waals surface area contributed by atoms with Crippen LogP contribution in [-0.2, 0) is 4.79 Å². The second-order valence-electron chi connectivity index (χ2n) is 4.88. The molecule has 2 aromatic rings. The van der Waals surface area contributed by atoms with Crippen LogP contribution >= 0.6 is 11.6 Å². The van der Waals surface area contributed by atoms with Crippen molar-refractivity contribution in [3.8, 4) is 17.2 Å². The van der Waals surface area contributed by atoms with Crippen molar-refractivity contribution in [1.29, 1.82) is 0 Å². The molecular weight excluding hydrogens is 344 g/mol. The van der Waals surface area contributed by atoms with Gasteiger partial charge >= 0.3 is 0 Å². The number of ether oxygens (including phenoxy) is 3. The molecule has 0 spiro atoms. The lowest BCUT2D eigenvalue weighted by atomic mass is 10.2. The minimum absolute atomic E-state index is 0.147. The summed E-state index contributed by atoms with van der Waals surface area (Å²) in [5.41, 5.74) is 3.17. The van der Waals surface area contributed by atoms with E-state index in [1.54, 1.807) is 49.6 Å². The van der Waals surface area contributed by atoms with E-state index in [2.05, 4.69) is 10.5 Å². The first-order chi connectivity index (χ1) is 12.1. The average molecular weight is 363 g/mol. The number of methoxy groups -OCH3 is 1. The maximum absolute atomic E-state index is 11.7. The Labute approximate surface area is 151 Å². The number of amides is 1. The fourth-order valence-electron chi connectivity index (χ4n) is 1.93. The first-order valence-electron chi connectivity index (χ1n) is 7.63. The summed E-state index contributed by atoms with van der Waals surface area (Å²) in [5.74, 6) is 1.44. The molecule has 0 fully saturated rings. The standard InChI is InChI=1S/C18H19ClN2O4/c1-3-24-17-10-13(4-9-16(17)23-2)11-20-21-18(22)12-25-15-7-5-14(19)6-8-15/h4-11H,3,12H2,1-2H3,(H,21,22)/b20-11-. The normalized spacial score (nSPS) is 10.5. The number of carbonyl (C=O) groups is 1. The Kier molecular flexibility index (Phi) is 7.10. The Morgan fingerprint density at radius 3 is 2.60 bits per heavy atom. The Bertz CT molecular complexity index is 732. The molecule has 2 aromatic carbocycles. The fraction of sp³-hybridized carbons (Fsp3) is 0.222. The van der Waals surface area contributed by atoms with Crippen LogP contribution in [0.25, 0.3) is 0 Å². The van der Waals surface area contributed by atoms with Gasteiger partial charge in [0.05, 0.1) is 19.9 Å². The molecule has 0 aliphatic heterocycles. The fourth-order valence-corrected chi connectivity index (χ4v) is 2.06. The van der Waals surface area contributed by atoms with Crippen LogP contribution in [0.5, 0.6) is 17.2 Å². The van der Waals surface area contributed by atoms with Crippen LogP contribution in [0, 0.1) is 0 Å². The zero-order valence-corrected chi connectivity index (χ0v) is 14.7. The highest BCUT2D eigenvalue weighted by Crippen LogP contribution is 2.27. The Morgan fingerprint density at radius 2 is 1.92 bits per heavy atom. The van der Waals surface area contributed by atoms with E-state index in [4.69, 9.17) is 25.8 Å². The third kappa shape index (κ3) is 6.00. The van der Waals surface area contributed by atoms with Crippen molar-refractivity contribution in [1.82, 2.24) is 5.43 Å². The number of hydrogen-bond acceptors (Lipinski definition) is 5. The molecule has 0 radical (unpaired) electrons. The zero-order chi connectivity index (χ0) is 18.1. The molecule has 132 valence electrons. The Morgan fingerprint density at radius 1 is 1.16 bits per heavy atom. The predicted molar refractivity (Wildman–Crippen MR) is 96.8 cm³/mol. The first-order valence-corrected chi connectivity index (χ1v) is 8.01. The van der Waals surface area contributed by atoms with Crippen molar-refractivity contribution in [2.45, 2.75) is 6.92 Å². The number of hydrazone groups is 1. The summed E-state index contributed by atoms with van der Waals surface area (Å²) in [4.78, 5) is 11.7. The van der Waals surface area contributed by atoms with E-state index in [1.807, 2.05) is 6.92 Å². The molecule has 0 atom stereocenters. The molecule has 0 bridgehead atoms. The lowest BCUT2D eigenvalue weighted by molar-refractivity contribution is -0.123. The lowest BCUT2D eigenvalue weighted by Gasteiger charge is -2.09. The van der Waals surface area contributed by atoms with Gasteiger partial charge in [0.1, 0.15) is 5.75 Å². The highest BCUT2D eigenvalue weighted by atomic mass is 35.5. The number of carbonyl (C=O) groups excluding carboxylic acids is 1. The Balaban J connectivity index is 1.86. The van der Waals surface area contributed by atoms with Crippen LogP contribution < -0.4 is 19.6 Å². The molecule has 0 saturated carbocycles. The third-order valence-corrected chi connectivity index (χ3v) is 3.33. The molecule has 6 nitrogen and oxygen atoms in total. The summed E-state index contributed by atoms with van der Waals surface area (Å²) in [6.45, 7) is 2.27. The van der Waals surface area contributed by atoms with Gasteiger partial charge < -0.3 is 14.2 Å². The molecule has 7 heteroatoms. The van der Waals surface area contributed by atoms with Gasteiger partial charge in [0.15, 0.2) is 18.1 Å². The lowest BCUT2D eigenvalue weighted by Crippen LogP contribution is -2.24. The van der Waals surface area contributed by atoms with Crippen LogP contribution in [0.15, 0.2) is 47.6 Å². The quantitative estimate of drug-likeness (QED) is 0.578. The minimum atomic E-state index is -0.371. The van der Waals surface area contributed by atoms with E-state index in [9.17, 15) is 4.79 Å². The monoisotopic (exact) mass is 362 g/mol. The van der Waals surface area contributed by atoms with Crippen LogP contribution in [0.4, 0.5) is 0 Å². The van der Waals surface area contributed by atoms with Crippen LogP contribution in [0.2, 0.25) is 5.02 Å². The van der Waals surface area contributed by atoms with Crippen LogP contribution in [0.1, 0.15) is 12.5 Å². The van der Waals surface area contributed by atoms with Crippen molar-refractivity contribution in [2.75, 3.05) is 20.3 Å². The maximum atomic E-state index is 11.7. The number of benzene rings is 2. The molecule has 0 aromatic heterocycles. The predicted octanol–water partition coefficient (Wildman–Crippen LogP) is 3.28. The van der Waals surface area contributed by atoms with Crippen molar-refractivity contribution >= 4 is 23.7 Å². The van der Waals surface area contributed by atoms with Gasteiger partial charge in [-0.2, -0.15) is 5.10 Å². The zero-order valence-electron chi connectivity index (χ0n) is 14.0. The van der Waals surface area contributed by atoms with Crippen LogP contribution in [0.3, 0.4) is 0 Å². The van der Waals surface area contributed by atoms with Crippen molar-refractivity contribution in [3.63, 3.8) is 0 Å². The van der Waals surface area contributed by atoms with Gasteiger partial charge in [-0.3, -0.25) is 4.79 Å². The number of halogens is 1. The Hall–Kier alpha value is -2.73. The van der Waals surface area contributed by atoms with E-state index < -0.39 is 0 Å². The summed E-state index contributed by atoms with van der Waals surface area (Å²) < 4.78 is 16.0. The number of nitrogens with one attached hydrogen (secondary N) is 1. The van der Waals surface area contributed by atoms with Gasteiger partial charge in [-0.1, -0.05) is 11.6 Å². The largest absolute Gasteiger partial charge is 0.493 e. The van der Waals surface area contributed by atoms with Crippen molar-refractivity contribution in [3.05, 3.63) is 53.1 Å². The van der Waals surface area contributed by atoms with Gasteiger partial charge in [0.2, 0.25) is 0 Å². The number of hydrogen-bond donors (Lipinski definition) is 1. The topological polar surface area (TPSA) is 69.2 Å². The second kappa shape index (κ2) is 9.54. The van der Waals surface area contributed by atoms with Gasteiger partial charge in [-0.05, 0) is 55.0 Å². The van der Waals surface area contributed by atoms with Gasteiger partial charge in [0, 0.05) is 5.02 Å². The summed E-state index contributed by atoms with van der Waals surface area (Å²) in [7, 11) is 1.58. The third-order valence-electron chi connectivity index (χ3n) is 3.07. The summed E-state index contributed by atoms with van der Waals surface area (Å²) >= 11 is 5.78. The van der Waals surface area contributed by atoms with Crippen LogP contribution in [-0.4, -0.2) is 32.4 Å². The molecule has 25 heavy (non-hydrogen) atoms. The molecule has 1 amide bonds. The maximum Gasteiger partial charge on any atom is 0.277 e. The van der Waals surface area contributed by atoms with E-state index in [0.717, 1.165) is 5.56 Å². The van der Waals surface area contributed by atoms with E-state index >= 15 is 0 Å². The first kappa shape index (κ1) is 18.6. The van der Waals surface area contributed by atoms with Crippen molar-refractivity contribution < 1.29 is 19.0 Å². The summed E-state index contributed by atoms with van der Waals surface area (Å²) in [5, 5.41) is 4.51. The average Bonchev–Trinajstić information content (AvgIpc) is 2.62. The molecule has 2 rings (SSSR count). The van der Waals surface area contributed by atoms with Gasteiger partial charge in [-0.25, -0.2) is 5.43 Å². The van der Waals surface area contributed by atoms with Crippen molar-refractivity contribution in [2.24, 2.45) is 5.10 Å². The molecule has 0 heterocycles. The summed E-state index contributed by atoms with van der Waals surface area (Å²) in [6, 6.07) is 12.1. The van der Waals surface area contributed by atoms with E-state index in [-0.39, 0.29) is 12.5 Å². The number of nitrogens with zero attached hydrogens (tertiary/aromatic N) is 1. The molecule has 0 aliphatic rings. The summed E-state index contributed by atoms with van der Waals surface area (Å²) in [6.07, 6.45) is 1.52.